The van der Waals surface area contributed by atoms with Crippen LogP contribution in [0, 0.1) is 0 Å². The van der Waals surface area contributed by atoms with Gasteiger partial charge in [-0.2, -0.15) is 5.10 Å². The van der Waals surface area contributed by atoms with Crippen molar-refractivity contribution in [2.75, 3.05) is 25.1 Å². The Labute approximate surface area is 119 Å². The summed E-state index contributed by atoms with van der Waals surface area (Å²) in [6.07, 6.45) is 5.58. The third kappa shape index (κ3) is 2.62. The molecule has 2 aromatic heterocycles. The van der Waals surface area contributed by atoms with Crippen LogP contribution in [-0.2, 0) is 11.3 Å². The lowest BCUT2D eigenvalue weighted by Gasteiger charge is -2.40. The number of anilines is 1. The lowest BCUT2D eigenvalue weighted by atomic mass is 10.1. The van der Waals surface area contributed by atoms with Gasteiger partial charge in [-0.05, 0) is 22.0 Å². The molecule has 0 aromatic carbocycles. The first-order chi connectivity index (χ1) is 9.26. The average Bonchev–Trinajstić information content (AvgIpc) is 2.75. The summed E-state index contributed by atoms with van der Waals surface area (Å²) in [6, 6.07) is 2.33. The molecule has 0 saturated carbocycles. The van der Waals surface area contributed by atoms with Gasteiger partial charge in [0.1, 0.15) is 12.4 Å². The van der Waals surface area contributed by atoms with Crippen molar-refractivity contribution < 1.29 is 4.74 Å². The minimum atomic E-state index is 0.409. The molecule has 1 aliphatic rings. The second-order valence-corrected chi connectivity index (χ2v) is 5.38. The first kappa shape index (κ1) is 12.6. The zero-order chi connectivity index (χ0) is 13.2. The van der Waals surface area contributed by atoms with Gasteiger partial charge in [-0.3, -0.25) is 4.68 Å². The summed E-state index contributed by atoms with van der Waals surface area (Å²) < 4.78 is 8.04. The highest BCUT2D eigenvalue weighted by Gasteiger charge is 2.29. The van der Waals surface area contributed by atoms with E-state index in [-0.39, 0.29) is 0 Å². The number of aromatic nitrogens is 4. The topological polar surface area (TPSA) is 56.1 Å². The van der Waals surface area contributed by atoms with Crippen molar-refractivity contribution in [1.82, 2.24) is 19.7 Å². The summed E-state index contributed by atoms with van der Waals surface area (Å²) in [5.41, 5.74) is 0. The fourth-order valence-corrected chi connectivity index (χ4v) is 2.39. The predicted molar refractivity (Wildman–Crippen MR) is 73.9 cm³/mol. The molecule has 3 rings (SSSR count). The largest absolute Gasteiger partial charge is 0.377 e. The molecule has 0 atom stereocenters. The van der Waals surface area contributed by atoms with Crippen molar-refractivity contribution in [3.63, 3.8) is 0 Å². The highest BCUT2D eigenvalue weighted by Crippen LogP contribution is 2.26. The lowest BCUT2D eigenvalue weighted by Crippen LogP contribution is -2.48. The van der Waals surface area contributed by atoms with Crippen LogP contribution in [0.5, 0.6) is 0 Å². The number of nitrogens with zero attached hydrogens (tertiary/aromatic N) is 5. The Morgan fingerprint density at radius 2 is 2.32 bits per heavy atom. The monoisotopic (exact) mass is 323 g/mol. The van der Waals surface area contributed by atoms with Gasteiger partial charge in [-0.15, -0.1) is 0 Å². The molecule has 0 amide bonds. The molecule has 0 bridgehead atoms. The van der Waals surface area contributed by atoms with E-state index in [0.29, 0.717) is 18.5 Å². The number of halogens is 1. The maximum atomic E-state index is 5.04. The van der Waals surface area contributed by atoms with E-state index >= 15 is 0 Å². The van der Waals surface area contributed by atoms with Crippen LogP contribution in [0.3, 0.4) is 0 Å². The minimum Gasteiger partial charge on any atom is -0.377 e. The summed E-state index contributed by atoms with van der Waals surface area (Å²) >= 11 is 3.41. The first-order valence-electron chi connectivity index (χ1n) is 6.01. The normalized spacial score (nSPS) is 15.6. The Balaban J connectivity index is 1.65. The molecule has 0 unspecified atom stereocenters. The van der Waals surface area contributed by atoms with Crippen LogP contribution < -0.4 is 4.90 Å². The third-order valence-electron chi connectivity index (χ3n) is 3.09. The molecule has 0 N–H and O–H groups in total. The van der Waals surface area contributed by atoms with Gasteiger partial charge >= 0.3 is 0 Å². The van der Waals surface area contributed by atoms with Gasteiger partial charge in [0.25, 0.3) is 0 Å². The van der Waals surface area contributed by atoms with E-state index in [1.165, 1.54) is 0 Å². The standard InChI is InChI=1S/C12H14BrN5O/c1-19-8-11-14-3-2-12(16-11)17-6-10(7-17)18-5-9(13)4-15-18/h2-5,10H,6-8H2,1H3. The van der Waals surface area contributed by atoms with E-state index in [0.717, 1.165) is 23.4 Å². The highest BCUT2D eigenvalue weighted by molar-refractivity contribution is 9.10. The van der Waals surface area contributed by atoms with Gasteiger partial charge in [-0.1, -0.05) is 0 Å². The van der Waals surface area contributed by atoms with Crippen LogP contribution in [0.15, 0.2) is 29.1 Å². The van der Waals surface area contributed by atoms with E-state index in [1.54, 1.807) is 13.3 Å². The van der Waals surface area contributed by atoms with Gasteiger partial charge in [0.15, 0.2) is 5.82 Å². The number of hydrogen-bond acceptors (Lipinski definition) is 5. The van der Waals surface area contributed by atoms with Gasteiger partial charge in [0.2, 0.25) is 0 Å². The van der Waals surface area contributed by atoms with Crippen molar-refractivity contribution in [1.29, 1.82) is 0 Å². The van der Waals surface area contributed by atoms with E-state index in [9.17, 15) is 0 Å². The lowest BCUT2D eigenvalue weighted by molar-refractivity contribution is 0.177. The van der Waals surface area contributed by atoms with Crippen molar-refractivity contribution in [2.24, 2.45) is 0 Å². The second-order valence-electron chi connectivity index (χ2n) is 4.46. The summed E-state index contributed by atoms with van der Waals surface area (Å²) in [5.74, 6) is 1.66. The Hall–Kier alpha value is -1.47. The van der Waals surface area contributed by atoms with Crippen molar-refractivity contribution in [3.05, 3.63) is 35.0 Å². The quantitative estimate of drug-likeness (QED) is 0.856. The predicted octanol–water partition coefficient (Wildman–Crippen LogP) is 1.64. The van der Waals surface area contributed by atoms with Crippen molar-refractivity contribution in [3.8, 4) is 0 Å². The van der Waals surface area contributed by atoms with Gasteiger partial charge in [-0.25, -0.2) is 9.97 Å². The molecule has 1 fully saturated rings. The van der Waals surface area contributed by atoms with Gasteiger partial charge in [0, 0.05) is 32.6 Å². The molecule has 1 saturated heterocycles. The maximum absolute atomic E-state index is 5.04. The smallest absolute Gasteiger partial charge is 0.156 e. The fourth-order valence-electron chi connectivity index (χ4n) is 2.09. The van der Waals surface area contributed by atoms with Crippen LogP contribution >= 0.6 is 15.9 Å². The zero-order valence-electron chi connectivity index (χ0n) is 10.5. The molecular formula is C12H14BrN5O. The van der Waals surface area contributed by atoms with Gasteiger partial charge < -0.3 is 9.64 Å². The molecule has 7 heteroatoms. The van der Waals surface area contributed by atoms with E-state index in [4.69, 9.17) is 4.74 Å². The van der Waals surface area contributed by atoms with Crippen LogP contribution in [0.25, 0.3) is 0 Å². The van der Waals surface area contributed by atoms with Crippen LogP contribution in [-0.4, -0.2) is 39.9 Å². The SMILES string of the molecule is COCc1nccc(N2CC(n3cc(Br)cn3)C2)n1. The Morgan fingerprint density at radius 1 is 1.47 bits per heavy atom. The van der Waals surface area contributed by atoms with Crippen LogP contribution in [0.4, 0.5) is 5.82 Å². The molecular weight excluding hydrogens is 310 g/mol. The zero-order valence-corrected chi connectivity index (χ0v) is 12.1. The van der Waals surface area contributed by atoms with E-state index in [1.807, 2.05) is 23.1 Å². The number of rotatable bonds is 4. The molecule has 0 radical (unpaired) electrons. The number of ether oxygens (including phenoxy) is 1. The summed E-state index contributed by atoms with van der Waals surface area (Å²) in [5, 5.41) is 4.30. The molecule has 100 valence electrons. The van der Waals surface area contributed by atoms with Gasteiger partial charge in [0.05, 0.1) is 16.7 Å². The van der Waals surface area contributed by atoms with Crippen LogP contribution in [0.1, 0.15) is 11.9 Å². The highest BCUT2D eigenvalue weighted by atomic mass is 79.9. The Bertz CT molecular complexity index is 567. The van der Waals surface area contributed by atoms with E-state index in [2.05, 4.69) is 35.9 Å². The maximum Gasteiger partial charge on any atom is 0.156 e. The molecule has 0 aliphatic carbocycles. The average molecular weight is 324 g/mol. The second kappa shape index (κ2) is 5.26. The van der Waals surface area contributed by atoms with Crippen LogP contribution in [0.2, 0.25) is 0 Å². The summed E-state index contributed by atoms with van der Waals surface area (Å²) in [6.45, 7) is 2.27. The molecule has 2 aromatic rings. The fraction of sp³-hybridized carbons (Fsp3) is 0.417. The Morgan fingerprint density at radius 3 is 3.00 bits per heavy atom. The Kier molecular flexibility index (Phi) is 3.48. The molecule has 6 nitrogen and oxygen atoms in total. The molecule has 19 heavy (non-hydrogen) atoms. The number of methoxy groups -OCH3 is 1. The van der Waals surface area contributed by atoms with Crippen molar-refractivity contribution >= 4 is 21.7 Å². The van der Waals surface area contributed by atoms with Crippen molar-refractivity contribution in [2.45, 2.75) is 12.6 Å². The molecule has 1 aliphatic heterocycles. The number of hydrogen-bond donors (Lipinski definition) is 0. The first-order valence-corrected chi connectivity index (χ1v) is 6.81. The third-order valence-corrected chi connectivity index (χ3v) is 3.50. The van der Waals surface area contributed by atoms with E-state index < -0.39 is 0 Å². The molecule has 0 spiro atoms. The molecule has 3 heterocycles. The minimum absolute atomic E-state index is 0.409. The summed E-state index contributed by atoms with van der Waals surface area (Å²) in [4.78, 5) is 10.8. The summed E-state index contributed by atoms with van der Waals surface area (Å²) in [7, 11) is 1.64.